The van der Waals surface area contributed by atoms with Gasteiger partial charge in [0.2, 0.25) is 0 Å². The molecule has 0 aromatic heterocycles. The summed E-state index contributed by atoms with van der Waals surface area (Å²) in [7, 11) is 7.10. The van der Waals surface area contributed by atoms with Crippen LogP contribution in [0.4, 0.5) is 0 Å². The zero-order valence-corrected chi connectivity index (χ0v) is 15.7. The van der Waals surface area contributed by atoms with Crippen molar-refractivity contribution in [2.45, 2.75) is 0 Å². The highest BCUT2D eigenvalue weighted by Gasteiger charge is 2.11. The number of likely N-dealkylation sites (N-methyl/N-ethyl adjacent to an activating group) is 1. The Morgan fingerprint density at radius 2 is 1.85 bits per heavy atom. The summed E-state index contributed by atoms with van der Waals surface area (Å²) in [4.78, 5) is 14.6. The Hall–Kier alpha value is -2.79. The van der Waals surface area contributed by atoms with Crippen molar-refractivity contribution in [3.8, 4) is 17.2 Å². The Balaban J connectivity index is 2.10. The summed E-state index contributed by atoms with van der Waals surface area (Å²) >= 11 is 0. The maximum Gasteiger partial charge on any atom is 0.189 e. The SMILES string of the molecule is COc1ccc(OC)c(C(=O)/C=C/c2cccc(OCCN(C)C)c2)c1. The molecule has 0 radical (unpaired) electrons. The molecule has 2 rings (SSSR count). The molecule has 26 heavy (non-hydrogen) atoms. The lowest BCUT2D eigenvalue weighted by Gasteiger charge is -2.11. The summed E-state index contributed by atoms with van der Waals surface area (Å²) in [6.45, 7) is 1.45. The molecule has 0 aliphatic rings. The molecule has 0 atom stereocenters. The number of ether oxygens (including phenoxy) is 3. The van der Waals surface area contributed by atoms with Crippen LogP contribution in [-0.4, -0.2) is 52.1 Å². The van der Waals surface area contributed by atoms with Gasteiger partial charge in [-0.25, -0.2) is 0 Å². The van der Waals surface area contributed by atoms with Crippen LogP contribution >= 0.6 is 0 Å². The van der Waals surface area contributed by atoms with Crippen LogP contribution in [0.5, 0.6) is 17.2 Å². The minimum atomic E-state index is -0.153. The van der Waals surface area contributed by atoms with Crippen LogP contribution in [0.2, 0.25) is 0 Å². The fourth-order valence-electron chi connectivity index (χ4n) is 2.32. The van der Waals surface area contributed by atoms with Gasteiger partial charge in [-0.3, -0.25) is 4.79 Å². The van der Waals surface area contributed by atoms with E-state index in [9.17, 15) is 4.79 Å². The average molecular weight is 355 g/mol. The topological polar surface area (TPSA) is 48.0 Å². The van der Waals surface area contributed by atoms with Gasteiger partial charge in [-0.1, -0.05) is 18.2 Å². The van der Waals surface area contributed by atoms with Gasteiger partial charge in [-0.05, 0) is 56.1 Å². The molecule has 0 N–H and O–H groups in total. The van der Waals surface area contributed by atoms with Gasteiger partial charge < -0.3 is 19.1 Å². The molecule has 0 aliphatic heterocycles. The molecule has 5 nitrogen and oxygen atoms in total. The first-order chi connectivity index (χ1) is 12.5. The molecule has 0 saturated heterocycles. The molecule has 138 valence electrons. The molecule has 0 saturated carbocycles. The number of hydrogen-bond donors (Lipinski definition) is 0. The van der Waals surface area contributed by atoms with Crippen LogP contribution in [0.15, 0.2) is 48.5 Å². The van der Waals surface area contributed by atoms with Gasteiger partial charge in [0.1, 0.15) is 23.9 Å². The Labute approximate surface area is 154 Å². The number of rotatable bonds is 9. The van der Waals surface area contributed by atoms with Crippen LogP contribution < -0.4 is 14.2 Å². The van der Waals surface area contributed by atoms with Crippen molar-refractivity contribution in [1.82, 2.24) is 4.90 Å². The van der Waals surface area contributed by atoms with Crippen LogP contribution in [0, 0.1) is 0 Å². The minimum absolute atomic E-state index is 0.153. The summed E-state index contributed by atoms with van der Waals surface area (Å²) in [6.07, 6.45) is 3.29. The predicted molar refractivity (Wildman–Crippen MR) is 103 cm³/mol. The second-order valence-electron chi connectivity index (χ2n) is 5.99. The number of carbonyl (C=O) groups excluding carboxylic acids is 1. The summed E-state index contributed by atoms with van der Waals surface area (Å²) in [5.74, 6) is 1.75. The largest absolute Gasteiger partial charge is 0.497 e. The third-order valence-electron chi connectivity index (χ3n) is 3.76. The lowest BCUT2D eigenvalue weighted by atomic mass is 10.1. The van der Waals surface area contributed by atoms with E-state index >= 15 is 0 Å². The fourth-order valence-corrected chi connectivity index (χ4v) is 2.32. The standard InChI is InChI=1S/C21H25NO4/c1-22(2)12-13-26-18-7-5-6-16(14-18)8-10-20(23)19-15-17(24-3)9-11-21(19)25-4/h5-11,14-15H,12-13H2,1-4H3/b10-8+. The number of allylic oxidation sites excluding steroid dienone is 1. The van der Waals surface area contributed by atoms with E-state index in [1.54, 1.807) is 31.4 Å². The van der Waals surface area contributed by atoms with Crippen LogP contribution in [0.25, 0.3) is 6.08 Å². The van der Waals surface area contributed by atoms with E-state index in [4.69, 9.17) is 14.2 Å². The van der Waals surface area contributed by atoms with E-state index in [-0.39, 0.29) is 5.78 Å². The highest BCUT2D eigenvalue weighted by molar-refractivity contribution is 6.08. The molecular formula is C21H25NO4. The third kappa shape index (κ3) is 5.63. The monoisotopic (exact) mass is 355 g/mol. The van der Waals surface area contributed by atoms with Crippen molar-refractivity contribution in [1.29, 1.82) is 0 Å². The van der Waals surface area contributed by atoms with Crippen LogP contribution in [-0.2, 0) is 0 Å². The van der Waals surface area contributed by atoms with Crippen molar-refractivity contribution in [2.24, 2.45) is 0 Å². The van der Waals surface area contributed by atoms with Crippen molar-refractivity contribution >= 4 is 11.9 Å². The number of benzene rings is 2. The van der Waals surface area contributed by atoms with E-state index in [0.717, 1.165) is 17.9 Å². The maximum absolute atomic E-state index is 12.5. The molecule has 0 amide bonds. The van der Waals surface area contributed by atoms with Gasteiger partial charge in [0.05, 0.1) is 19.8 Å². The normalized spacial score (nSPS) is 11.0. The molecule has 0 fully saturated rings. The highest BCUT2D eigenvalue weighted by atomic mass is 16.5. The third-order valence-corrected chi connectivity index (χ3v) is 3.76. The summed E-state index contributed by atoms with van der Waals surface area (Å²) < 4.78 is 16.2. The lowest BCUT2D eigenvalue weighted by Crippen LogP contribution is -2.19. The van der Waals surface area contributed by atoms with E-state index < -0.39 is 0 Å². The quantitative estimate of drug-likeness (QED) is 0.509. The molecule has 5 heteroatoms. The second-order valence-corrected chi connectivity index (χ2v) is 5.99. The molecule has 0 spiro atoms. The highest BCUT2D eigenvalue weighted by Crippen LogP contribution is 2.25. The Kier molecular flexibility index (Phi) is 7.24. The fraction of sp³-hybridized carbons (Fsp3) is 0.286. The summed E-state index contributed by atoms with van der Waals surface area (Å²) in [6, 6.07) is 12.8. The van der Waals surface area contributed by atoms with Crippen LogP contribution in [0.3, 0.4) is 0 Å². The van der Waals surface area contributed by atoms with E-state index in [2.05, 4.69) is 4.90 Å². The van der Waals surface area contributed by atoms with Gasteiger partial charge in [-0.2, -0.15) is 0 Å². The first kappa shape index (κ1) is 19.5. The Bertz CT molecular complexity index is 768. The summed E-state index contributed by atoms with van der Waals surface area (Å²) in [5, 5.41) is 0. The van der Waals surface area contributed by atoms with Crippen molar-refractivity contribution < 1.29 is 19.0 Å². The van der Waals surface area contributed by atoms with Gasteiger partial charge >= 0.3 is 0 Å². The number of methoxy groups -OCH3 is 2. The Morgan fingerprint density at radius 1 is 1.04 bits per heavy atom. The van der Waals surface area contributed by atoms with Crippen molar-refractivity contribution in [3.05, 3.63) is 59.7 Å². The van der Waals surface area contributed by atoms with E-state index in [1.165, 1.54) is 13.2 Å². The first-order valence-electron chi connectivity index (χ1n) is 8.35. The number of ketones is 1. The van der Waals surface area contributed by atoms with Gasteiger partial charge in [0.15, 0.2) is 5.78 Å². The van der Waals surface area contributed by atoms with Crippen LogP contribution in [0.1, 0.15) is 15.9 Å². The molecule has 2 aromatic rings. The molecule has 0 unspecified atom stereocenters. The second kappa shape index (κ2) is 9.63. The molecular weight excluding hydrogens is 330 g/mol. The zero-order chi connectivity index (χ0) is 18.9. The van der Waals surface area contributed by atoms with E-state index in [0.29, 0.717) is 23.7 Å². The minimum Gasteiger partial charge on any atom is -0.497 e. The molecule has 0 aliphatic carbocycles. The number of hydrogen-bond acceptors (Lipinski definition) is 5. The predicted octanol–water partition coefficient (Wildman–Crippen LogP) is 3.54. The van der Waals surface area contributed by atoms with Gasteiger partial charge in [-0.15, -0.1) is 0 Å². The average Bonchev–Trinajstić information content (AvgIpc) is 2.65. The van der Waals surface area contributed by atoms with E-state index in [1.807, 2.05) is 38.4 Å². The molecule has 0 heterocycles. The first-order valence-corrected chi connectivity index (χ1v) is 8.35. The van der Waals surface area contributed by atoms with Gasteiger partial charge in [0, 0.05) is 6.54 Å². The maximum atomic E-state index is 12.5. The summed E-state index contributed by atoms with van der Waals surface area (Å²) in [5.41, 5.74) is 1.35. The van der Waals surface area contributed by atoms with Crippen molar-refractivity contribution in [3.63, 3.8) is 0 Å². The molecule has 2 aromatic carbocycles. The number of nitrogens with zero attached hydrogens (tertiary/aromatic N) is 1. The van der Waals surface area contributed by atoms with Crippen molar-refractivity contribution in [2.75, 3.05) is 41.5 Å². The smallest absolute Gasteiger partial charge is 0.189 e. The molecule has 0 bridgehead atoms. The Morgan fingerprint density at radius 3 is 2.54 bits per heavy atom. The lowest BCUT2D eigenvalue weighted by molar-refractivity contribution is 0.104. The van der Waals surface area contributed by atoms with Gasteiger partial charge in [0.25, 0.3) is 0 Å². The zero-order valence-electron chi connectivity index (χ0n) is 15.7. The number of carbonyl (C=O) groups is 1.